The van der Waals surface area contributed by atoms with Crippen molar-refractivity contribution in [2.45, 2.75) is 64.0 Å². The first-order valence-corrected chi connectivity index (χ1v) is 13.5. The van der Waals surface area contributed by atoms with Crippen LogP contribution in [0.25, 0.3) is 11.0 Å². The van der Waals surface area contributed by atoms with Crippen molar-refractivity contribution in [1.29, 1.82) is 0 Å². The normalized spacial score (nSPS) is 20.9. The zero-order valence-electron chi connectivity index (χ0n) is 20.8. The van der Waals surface area contributed by atoms with Crippen molar-refractivity contribution in [2.24, 2.45) is 13.0 Å². The Hall–Kier alpha value is -2.59. The van der Waals surface area contributed by atoms with Crippen LogP contribution in [0.4, 0.5) is 8.78 Å². The molecule has 1 fully saturated rings. The van der Waals surface area contributed by atoms with Gasteiger partial charge in [-0.3, -0.25) is 9.69 Å². The molecule has 2 aliphatic rings. The molecule has 36 heavy (non-hydrogen) atoms. The molecular weight excluding hydrogens is 484 g/mol. The number of halogens is 2. The predicted octanol–water partition coefficient (Wildman–Crippen LogP) is 4.80. The topological polar surface area (TPSA) is 72.3 Å². The number of hydrogen-bond acceptors (Lipinski definition) is 6. The van der Waals surface area contributed by atoms with Crippen molar-refractivity contribution in [2.75, 3.05) is 19.7 Å². The van der Waals surface area contributed by atoms with Gasteiger partial charge in [0.15, 0.2) is 6.61 Å². The van der Waals surface area contributed by atoms with Gasteiger partial charge in [0.05, 0.1) is 23.1 Å². The van der Waals surface area contributed by atoms with Crippen molar-refractivity contribution in [1.82, 2.24) is 24.8 Å². The van der Waals surface area contributed by atoms with Crippen LogP contribution in [-0.2, 0) is 20.0 Å². The van der Waals surface area contributed by atoms with Crippen LogP contribution in [0.3, 0.4) is 0 Å². The molecule has 0 saturated heterocycles. The molecular formula is C26H33F2N5O2S. The predicted molar refractivity (Wildman–Crippen MR) is 136 cm³/mol. The molecule has 3 heterocycles. The lowest BCUT2D eigenvalue weighted by Crippen LogP contribution is -2.38. The second kappa shape index (κ2) is 10.4. The molecule has 3 aromatic rings. The molecule has 0 unspecified atom stereocenters. The first kappa shape index (κ1) is 25.1. The molecule has 194 valence electrons. The summed E-state index contributed by atoms with van der Waals surface area (Å²) in [5.41, 5.74) is 3.31. The SMILES string of the molecule is Cn1cnc2c(C(=O)N[C@H]3CC[C@H](CCN4CCc5sc(OCC(C)(F)F)nc5C4)CC3)cccc21. The van der Waals surface area contributed by atoms with Gasteiger partial charge in [-0.05, 0) is 63.1 Å². The molecule has 1 N–H and O–H groups in total. The lowest BCUT2D eigenvalue weighted by molar-refractivity contribution is -0.0230. The van der Waals surface area contributed by atoms with Gasteiger partial charge in [0.1, 0.15) is 5.52 Å². The minimum absolute atomic E-state index is 0.0406. The number of fused-ring (bicyclic) bond motifs is 2. The highest BCUT2D eigenvalue weighted by Crippen LogP contribution is 2.32. The first-order valence-electron chi connectivity index (χ1n) is 12.7. The zero-order valence-corrected chi connectivity index (χ0v) is 21.6. The van der Waals surface area contributed by atoms with Gasteiger partial charge in [0, 0.05) is 38.0 Å². The Morgan fingerprint density at radius 3 is 2.86 bits per heavy atom. The minimum atomic E-state index is -2.85. The highest BCUT2D eigenvalue weighted by atomic mass is 32.1. The Balaban J connectivity index is 1.06. The minimum Gasteiger partial charge on any atom is -0.464 e. The molecule has 1 aliphatic heterocycles. The van der Waals surface area contributed by atoms with E-state index in [1.165, 1.54) is 11.3 Å². The van der Waals surface area contributed by atoms with E-state index >= 15 is 0 Å². The summed E-state index contributed by atoms with van der Waals surface area (Å²) >= 11 is 1.40. The van der Waals surface area contributed by atoms with E-state index in [0.717, 1.165) is 86.7 Å². The van der Waals surface area contributed by atoms with E-state index in [4.69, 9.17) is 4.74 Å². The molecule has 1 aliphatic carbocycles. The summed E-state index contributed by atoms with van der Waals surface area (Å²) in [6.07, 6.45) is 7.96. The van der Waals surface area contributed by atoms with Crippen LogP contribution in [0.15, 0.2) is 24.5 Å². The van der Waals surface area contributed by atoms with Crippen molar-refractivity contribution in [3.63, 3.8) is 0 Å². The Kier molecular flexibility index (Phi) is 7.25. The molecule has 1 saturated carbocycles. The van der Waals surface area contributed by atoms with Gasteiger partial charge in [-0.25, -0.2) is 18.7 Å². The maximum Gasteiger partial charge on any atom is 0.278 e. The summed E-state index contributed by atoms with van der Waals surface area (Å²) in [5.74, 6) is -2.24. The van der Waals surface area contributed by atoms with E-state index in [1.807, 2.05) is 29.8 Å². The summed E-state index contributed by atoms with van der Waals surface area (Å²) in [6.45, 7) is 2.94. The van der Waals surface area contributed by atoms with Crippen molar-refractivity contribution in [3.05, 3.63) is 40.7 Å². The summed E-state index contributed by atoms with van der Waals surface area (Å²) < 4.78 is 33.3. The fraction of sp³-hybridized carbons (Fsp3) is 0.577. The third-order valence-corrected chi connectivity index (χ3v) is 8.34. The molecule has 0 spiro atoms. The number of rotatable bonds is 8. The third kappa shape index (κ3) is 5.86. The second-order valence-corrected chi connectivity index (χ2v) is 11.3. The Morgan fingerprint density at radius 1 is 1.28 bits per heavy atom. The van der Waals surface area contributed by atoms with E-state index in [-0.39, 0.29) is 11.9 Å². The fourth-order valence-corrected chi connectivity index (χ4v) is 6.14. The number of carbonyl (C=O) groups is 1. The molecule has 10 heteroatoms. The van der Waals surface area contributed by atoms with E-state index in [1.54, 1.807) is 6.33 Å². The lowest BCUT2D eigenvalue weighted by atomic mass is 9.84. The van der Waals surface area contributed by atoms with Crippen LogP contribution in [0.5, 0.6) is 5.19 Å². The van der Waals surface area contributed by atoms with Gasteiger partial charge in [0.2, 0.25) is 0 Å². The van der Waals surface area contributed by atoms with Crippen LogP contribution >= 0.6 is 11.3 Å². The van der Waals surface area contributed by atoms with Crippen molar-refractivity contribution < 1.29 is 18.3 Å². The summed E-state index contributed by atoms with van der Waals surface area (Å²) in [4.78, 5) is 25.3. The smallest absolute Gasteiger partial charge is 0.278 e. The van der Waals surface area contributed by atoms with E-state index < -0.39 is 12.5 Å². The number of aromatic nitrogens is 3. The van der Waals surface area contributed by atoms with Crippen molar-refractivity contribution >= 4 is 28.3 Å². The number of benzene rings is 1. The Labute approximate surface area is 213 Å². The number of para-hydroxylation sites is 1. The van der Waals surface area contributed by atoms with E-state index in [9.17, 15) is 13.6 Å². The van der Waals surface area contributed by atoms with Gasteiger partial charge < -0.3 is 14.6 Å². The standard InChI is InChI=1S/C26H33F2N5O2S/c1-26(27,28)15-35-25-31-20-14-33(13-11-22(20)36-25)12-10-17-6-8-18(9-7-17)30-24(34)19-4-3-5-21-23(19)29-16-32(21)2/h3-5,16-18H,6-15H2,1-2H3,(H,30,34)/t17-,18-. The molecule has 5 rings (SSSR count). The maximum atomic E-state index is 13.1. The van der Waals surface area contributed by atoms with Gasteiger partial charge in [-0.1, -0.05) is 17.4 Å². The molecule has 0 radical (unpaired) electrons. The Morgan fingerprint density at radius 2 is 2.08 bits per heavy atom. The fourth-order valence-electron chi connectivity index (χ4n) is 5.24. The second-order valence-electron chi connectivity index (χ2n) is 10.2. The number of imidazole rings is 1. The van der Waals surface area contributed by atoms with Crippen LogP contribution in [0, 0.1) is 5.92 Å². The molecule has 1 aromatic carbocycles. The average molecular weight is 518 g/mol. The van der Waals surface area contributed by atoms with Gasteiger partial charge >= 0.3 is 0 Å². The number of ether oxygens (including phenoxy) is 1. The summed E-state index contributed by atoms with van der Waals surface area (Å²) in [7, 11) is 1.93. The highest BCUT2D eigenvalue weighted by Gasteiger charge is 2.27. The first-order chi connectivity index (χ1) is 17.2. The van der Waals surface area contributed by atoms with Crippen LogP contribution in [0.2, 0.25) is 0 Å². The summed E-state index contributed by atoms with van der Waals surface area (Å²) in [6, 6.07) is 5.93. The number of nitrogens with one attached hydrogen (secondary N) is 1. The number of hydrogen-bond donors (Lipinski definition) is 1. The van der Waals surface area contributed by atoms with E-state index in [0.29, 0.717) is 16.7 Å². The maximum absolute atomic E-state index is 13.1. The van der Waals surface area contributed by atoms with Crippen LogP contribution < -0.4 is 10.1 Å². The monoisotopic (exact) mass is 517 g/mol. The Bertz CT molecular complexity index is 1210. The average Bonchev–Trinajstić information content (AvgIpc) is 3.44. The summed E-state index contributed by atoms with van der Waals surface area (Å²) in [5, 5.41) is 3.58. The quantitative estimate of drug-likeness (QED) is 0.465. The van der Waals surface area contributed by atoms with Gasteiger partial charge in [0.25, 0.3) is 17.0 Å². The highest BCUT2D eigenvalue weighted by molar-refractivity contribution is 7.13. The number of alkyl halides is 2. The van der Waals surface area contributed by atoms with Crippen LogP contribution in [-0.4, -0.2) is 57.0 Å². The number of amides is 1. The molecule has 7 nitrogen and oxygen atoms in total. The van der Waals surface area contributed by atoms with Crippen molar-refractivity contribution in [3.8, 4) is 5.19 Å². The number of thiazole rings is 1. The lowest BCUT2D eigenvalue weighted by Gasteiger charge is -2.32. The molecule has 1 amide bonds. The largest absolute Gasteiger partial charge is 0.464 e. The molecule has 2 aromatic heterocycles. The third-order valence-electron chi connectivity index (χ3n) is 7.27. The number of aryl methyl sites for hydroxylation is 1. The number of nitrogens with zero attached hydrogens (tertiary/aromatic N) is 4. The molecule has 0 atom stereocenters. The van der Waals surface area contributed by atoms with Gasteiger partial charge in [-0.2, -0.15) is 0 Å². The number of carbonyl (C=O) groups excluding carboxylic acids is 1. The van der Waals surface area contributed by atoms with E-state index in [2.05, 4.69) is 20.2 Å². The van der Waals surface area contributed by atoms with Gasteiger partial charge in [-0.15, -0.1) is 0 Å². The van der Waals surface area contributed by atoms with Crippen LogP contribution in [0.1, 0.15) is 60.0 Å². The molecule has 0 bridgehead atoms. The zero-order chi connectivity index (χ0) is 25.3.